The van der Waals surface area contributed by atoms with Crippen LogP contribution in [0.1, 0.15) is 87.1 Å². The Labute approximate surface area is 221 Å². The molecule has 0 atom stereocenters. The molecule has 3 aromatic rings. The number of ether oxygens (including phenoxy) is 2. The Kier molecular flexibility index (Phi) is 12.4. The summed E-state index contributed by atoms with van der Waals surface area (Å²) in [5.74, 6) is 1.01. The Balaban J connectivity index is 1.37. The van der Waals surface area contributed by atoms with Crippen LogP contribution in [0.5, 0.6) is 11.5 Å². The van der Waals surface area contributed by atoms with Crippen molar-refractivity contribution in [2.75, 3.05) is 6.61 Å². The van der Waals surface area contributed by atoms with Crippen LogP contribution in [0.4, 0.5) is 11.4 Å². The van der Waals surface area contributed by atoms with Crippen LogP contribution in [0.2, 0.25) is 0 Å². The predicted molar refractivity (Wildman–Crippen MR) is 151 cm³/mol. The van der Waals surface area contributed by atoms with E-state index in [0.29, 0.717) is 17.0 Å². The van der Waals surface area contributed by atoms with E-state index in [2.05, 4.69) is 17.2 Å². The van der Waals surface area contributed by atoms with Crippen LogP contribution in [0.25, 0.3) is 0 Å². The van der Waals surface area contributed by atoms with Gasteiger partial charge in [0.25, 0.3) is 0 Å². The molecule has 0 aliphatic heterocycles. The second kappa shape index (κ2) is 16.3. The number of hydrogen-bond acceptors (Lipinski definition) is 5. The topological polar surface area (TPSA) is 60.2 Å². The maximum Gasteiger partial charge on any atom is 0.343 e. The van der Waals surface area contributed by atoms with Crippen LogP contribution in [0.3, 0.4) is 0 Å². The van der Waals surface area contributed by atoms with Gasteiger partial charge < -0.3 is 9.47 Å². The van der Waals surface area contributed by atoms with Gasteiger partial charge in [0.05, 0.1) is 23.5 Å². The predicted octanol–water partition coefficient (Wildman–Crippen LogP) is 9.93. The van der Waals surface area contributed by atoms with E-state index in [9.17, 15) is 4.79 Å². The lowest BCUT2D eigenvalue weighted by molar-refractivity contribution is 0.0735. The summed E-state index contributed by atoms with van der Waals surface area (Å²) in [5, 5.41) is 8.63. The molecular formula is C32H40N2O3. The van der Waals surface area contributed by atoms with Crippen molar-refractivity contribution in [3.63, 3.8) is 0 Å². The van der Waals surface area contributed by atoms with E-state index in [1.165, 1.54) is 57.8 Å². The minimum Gasteiger partial charge on any atom is -0.493 e. The molecule has 0 aromatic heterocycles. The van der Waals surface area contributed by atoms with Crippen LogP contribution in [0.15, 0.2) is 83.0 Å². The number of unbranched alkanes of at least 4 members (excludes halogenated alkanes) is 9. The van der Waals surface area contributed by atoms with Crippen LogP contribution in [-0.2, 0) is 0 Å². The summed E-state index contributed by atoms with van der Waals surface area (Å²) in [6.45, 7) is 5.04. The minimum absolute atomic E-state index is 0.404. The van der Waals surface area contributed by atoms with Gasteiger partial charge in [-0.1, -0.05) is 82.9 Å². The number of para-hydroxylation sites is 1. The summed E-state index contributed by atoms with van der Waals surface area (Å²) in [7, 11) is 0. The molecule has 37 heavy (non-hydrogen) atoms. The van der Waals surface area contributed by atoms with Crippen molar-refractivity contribution in [1.29, 1.82) is 0 Å². The van der Waals surface area contributed by atoms with Crippen molar-refractivity contribution in [1.82, 2.24) is 0 Å². The van der Waals surface area contributed by atoms with Gasteiger partial charge in [0.1, 0.15) is 11.5 Å². The lowest BCUT2D eigenvalue weighted by atomic mass is 10.1. The SMILES string of the molecule is CCCCCCCCCCCCOc1ccc(N=Nc2ccc(C(=O)Oc3ccccc3)cc2)cc1C. The maximum atomic E-state index is 12.3. The van der Waals surface area contributed by atoms with E-state index in [1.54, 1.807) is 36.4 Å². The third-order valence-corrected chi connectivity index (χ3v) is 6.25. The molecule has 196 valence electrons. The Bertz CT molecular complexity index is 1090. The van der Waals surface area contributed by atoms with E-state index in [-0.39, 0.29) is 0 Å². The largest absolute Gasteiger partial charge is 0.493 e. The minimum atomic E-state index is -0.404. The molecule has 0 unspecified atom stereocenters. The summed E-state index contributed by atoms with van der Waals surface area (Å²) < 4.78 is 11.3. The van der Waals surface area contributed by atoms with Gasteiger partial charge in [-0.15, -0.1) is 0 Å². The first-order valence-electron chi connectivity index (χ1n) is 13.7. The second-order valence-electron chi connectivity index (χ2n) is 9.43. The first-order valence-corrected chi connectivity index (χ1v) is 13.7. The second-order valence-corrected chi connectivity index (χ2v) is 9.43. The van der Waals surface area contributed by atoms with Crippen LogP contribution in [-0.4, -0.2) is 12.6 Å². The zero-order valence-electron chi connectivity index (χ0n) is 22.3. The van der Waals surface area contributed by atoms with Crippen molar-refractivity contribution in [3.8, 4) is 11.5 Å². The third kappa shape index (κ3) is 10.6. The molecule has 0 radical (unpaired) electrons. The lowest BCUT2D eigenvalue weighted by Gasteiger charge is -2.09. The zero-order valence-corrected chi connectivity index (χ0v) is 22.3. The number of benzene rings is 3. The van der Waals surface area contributed by atoms with Gasteiger partial charge in [-0.25, -0.2) is 4.79 Å². The molecular weight excluding hydrogens is 460 g/mol. The molecule has 0 spiro atoms. The fourth-order valence-electron chi connectivity index (χ4n) is 4.06. The van der Waals surface area contributed by atoms with Gasteiger partial charge in [-0.3, -0.25) is 0 Å². The summed E-state index contributed by atoms with van der Waals surface area (Å²) >= 11 is 0. The zero-order chi connectivity index (χ0) is 26.1. The van der Waals surface area contributed by atoms with Crippen molar-refractivity contribution < 1.29 is 14.3 Å². The van der Waals surface area contributed by atoms with Gasteiger partial charge in [0.15, 0.2) is 0 Å². The molecule has 5 nitrogen and oxygen atoms in total. The van der Waals surface area contributed by atoms with Crippen LogP contribution in [0, 0.1) is 6.92 Å². The fraction of sp³-hybridized carbons (Fsp3) is 0.406. The summed E-state index contributed by atoms with van der Waals surface area (Å²) in [6, 6.07) is 21.7. The molecule has 0 heterocycles. The molecule has 0 saturated heterocycles. The highest BCUT2D eigenvalue weighted by atomic mass is 16.5. The maximum absolute atomic E-state index is 12.3. The highest BCUT2D eigenvalue weighted by Gasteiger charge is 2.08. The smallest absolute Gasteiger partial charge is 0.343 e. The molecule has 0 saturated carbocycles. The Morgan fingerprint density at radius 3 is 1.95 bits per heavy atom. The Morgan fingerprint density at radius 1 is 0.703 bits per heavy atom. The number of esters is 1. The van der Waals surface area contributed by atoms with Crippen LogP contribution < -0.4 is 9.47 Å². The molecule has 0 aliphatic rings. The number of nitrogens with zero attached hydrogens (tertiary/aromatic N) is 2. The highest BCUT2D eigenvalue weighted by molar-refractivity contribution is 5.91. The molecule has 0 aliphatic carbocycles. The Hall–Kier alpha value is -3.47. The number of aryl methyl sites for hydroxylation is 1. The molecule has 0 fully saturated rings. The van der Waals surface area contributed by atoms with E-state index >= 15 is 0 Å². The fourth-order valence-corrected chi connectivity index (χ4v) is 4.06. The molecule has 0 N–H and O–H groups in total. The quantitative estimate of drug-likeness (QED) is 0.0850. The van der Waals surface area contributed by atoms with E-state index in [0.717, 1.165) is 30.0 Å². The van der Waals surface area contributed by atoms with Gasteiger partial charge in [-0.05, 0) is 73.5 Å². The van der Waals surface area contributed by atoms with Crippen LogP contribution >= 0.6 is 0 Å². The monoisotopic (exact) mass is 500 g/mol. The third-order valence-electron chi connectivity index (χ3n) is 6.25. The molecule has 0 amide bonds. The number of azo groups is 1. The first kappa shape index (κ1) is 28.1. The standard InChI is InChI=1S/C32H40N2O3/c1-3-4-5-6-7-8-9-10-11-15-24-36-31-23-22-29(25-26(31)2)34-33-28-20-18-27(19-21-28)32(35)37-30-16-13-12-14-17-30/h12-14,16-23,25H,3-11,15,24H2,1-2H3. The van der Waals surface area contributed by atoms with Gasteiger partial charge in [0, 0.05) is 0 Å². The number of carbonyl (C=O) groups excluding carboxylic acids is 1. The number of hydrogen-bond donors (Lipinski definition) is 0. The average molecular weight is 501 g/mol. The van der Waals surface area contributed by atoms with Gasteiger partial charge in [0.2, 0.25) is 0 Å². The van der Waals surface area contributed by atoms with Crippen molar-refractivity contribution >= 4 is 17.3 Å². The van der Waals surface area contributed by atoms with Crippen molar-refractivity contribution in [3.05, 3.63) is 83.9 Å². The van der Waals surface area contributed by atoms with Crippen molar-refractivity contribution in [2.24, 2.45) is 10.2 Å². The molecule has 0 bridgehead atoms. The van der Waals surface area contributed by atoms with Crippen molar-refractivity contribution in [2.45, 2.75) is 78.1 Å². The lowest BCUT2D eigenvalue weighted by Crippen LogP contribution is -2.07. The first-order chi connectivity index (χ1) is 18.2. The number of rotatable bonds is 16. The van der Waals surface area contributed by atoms with E-state index in [4.69, 9.17) is 9.47 Å². The van der Waals surface area contributed by atoms with Gasteiger partial charge in [-0.2, -0.15) is 10.2 Å². The highest BCUT2D eigenvalue weighted by Crippen LogP contribution is 2.26. The van der Waals surface area contributed by atoms with E-state index in [1.807, 2.05) is 43.3 Å². The van der Waals surface area contributed by atoms with Gasteiger partial charge >= 0.3 is 5.97 Å². The molecule has 3 aromatic carbocycles. The molecule has 3 rings (SSSR count). The summed E-state index contributed by atoms with van der Waals surface area (Å²) in [5.41, 5.74) is 2.93. The number of carbonyl (C=O) groups is 1. The molecule has 5 heteroatoms. The van der Waals surface area contributed by atoms with E-state index < -0.39 is 5.97 Å². The summed E-state index contributed by atoms with van der Waals surface area (Å²) in [4.78, 5) is 12.3. The normalized spacial score (nSPS) is 11.1. The summed E-state index contributed by atoms with van der Waals surface area (Å²) in [6.07, 6.45) is 13.2. The Morgan fingerprint density at radius 2 is 1.30 bits per heavy atom. The average Bonchev–Trinajstić information content (AvgIpc) is 2.92.